The van der Waals surface area contributed by atoms with Gasteiger partial charge in [0.25, 0.3) is 11.8 Å². The number of carbonyl (C=O) groups is 2. The molecule has 31 heavy (non-hydrogen) atoms. The van der Waals surface area contributed by atoms with Crippen LogP contribution < -0.4 is 5.32 Å². The van der Waals surface area contributed by atoms with Crippen LogP contribution in [-0.2, 0) is 0 Å². The van der Waals surface area contributed by atoms with Crippen LogP contribution >= 0.6 is 11.6 Å². The molecular weight excluding hydrogens is 412 g/mol. The molecule has 1 fully saturated rings. The minimum absolute atomic E-state index is 0.0415. The second-order valence-corrected chi connectivity index (χ2v) is 8.21. The molecule has 160 valence electrons. The quantitative estimate of drug-likeness (QED) is 0.667. The SMILES string of the molecule is Cc1ccccc1C(=O)NC1CCN(C(=O)c2c(C)nn(-c3ccccc3)c2Cl)CC1. The van der Waals surface area contributed by atoms with Gasteiger partial charge in [-0.2, -0.15) is 5.10 Å². The molecule has 0 radical (unpaired) electrons. The smallest absolute Gasteiger partial charge is 0.258 e. The zero-order valence-electron chi connectivity index (χ0n) is 17.6. The number of nitrogens with zero attached hydrogens (tertiary/aromatic N) is 3. The minimum atomic E-state index is -0.117. The maximum absolute atomic E-state index is 13.2. The van der Waals surface area contributed by atoms with Crippen LogP contribution in [0.25, 0.3) is 5.69 Å². The first-order chi connectivity index (χ1) is 15.0. The molecule has 1 aliphatic heterocycles. The van der Waals surface area contributed by atoms with Gasteiger partial charge in [0.15, 0.2) is 0 Å². The molecule has 2 amide bonds. The standard InChI is InChI=1S/C24H25ClN4O2/c1-16-8-6-7-11-20(16)23(30)26-18-12-14-28(15-13-18)24(31)21-17(2)27-29(22(21)25)19-9-4-3-5-10-19/h3-11,18H,12-15H2,1-2H3,(H,26,30). The molecule has 2 aromatic carbocycles. The molecule has 6 nitrogen and oxygen atoms in total. The van der Waals surface area contributed by atoms with Gasteiger partial charge in [-0.05, 0) is 50.5 Å². The zero-order chi connectivity index (χ0) is 22.0. The van der Waals surface area contributed by atoms with Crippen molar-refractivity contribution in [2.24, 2.45) is 0 Å². The van der Waals surface area contributed by atoms with Crippen LogP contribution in [0.5, 0.6) is 0 Å². The van der Waals surface area contributed by atoms with Crippen molar-refractivity contribution in [2.75, 3.05) is 13.1 Å². The minimum Gasteiger partial charge on any atom is -0.349 e. The number of hydrogen-bond donors (Lipinski definition) is 1. The topological polar surface area (TPSA) is 67.2 Å². The fourth-order valence-electron chi connectivity index (χ4n) is 3.96. The lowest BCUT2D eigenvalue weighted by molar-refractivity contribution is 0.0697. The molecule has 3 aromatic rings. The van der Waals surface area contributed by atoms with Gasteiger partial charge in [0, 0.05) is 24.7 Å². The Morgan fingerprint density at radius 3 is 2.32 bits per heavy atom. The van der Waals surface area contributed by atoms with Gasteiger partial charge in [0.05, 0.1) is 16.9 Å². The Kier molecular flexibility index (Phi) is 6.09. The summed E-state index contributed by atoms with van der Waals surface area (Å²) in [6.45, 7) is 4.85. The normalized spacial score (nSPS) is 14.5. The lowest BCUT2D eigenvalue weighted by atomic mass is 10.0. The van der Waals surface area contributed by atoms with E-state index in [1.54, 1.807) is 16.5 Å². The van der Waals surface area contributed by atoms with Crippen molar-refractivity contribution in [2.45, 2.75) is 32.7 Å². The van der Waals surface area contributed by atoms with E-state index in [2.05, 4.69) is 10.4 Å². The highest BCUT2D eigenvalue weighted by atomic mass is 35.5. The molecule has 0 atom stereocenters. The van der Waals surface area contributed by atoms with E-state index in [9.17, 15) is 9.59 Å². The number of carbonyl (C=O) groups excluding carboxylic acids is 2. The van der Waals surface area contributed by atoms with Gasteiger partial charge in [-0.3, -0.25) is 9.59 Å². The summed E-state index contributed by atoms with van der Waals surface area (Å²) in [7, 11) is 0. The number of aryl methyl sites for hydroxylation is 2. The molecule has 0 spiro atoms. The highest BCUT2D eigenvalue weighted by Gasteiger charge is 2.29. The molecule has 7 heteroatoms. The Morgan fingerprint density at radius 2 is 1.65 bits per heavy atom. The molecule has 1 aromatic heterocycles. The van der Waals surface area contributed by atoms with Crippen LogP contribution in [0, 0.1) is 13.8 Å². The van der Waals surface area contributed by atoms with Crippen LogP contribution in [0.4, 0.5) is 0 Å². The van der Waals surface area contributed by atoms with Crippen molar-refractivity contribution >= 4 is 23.4 Å². The van der Waals surface area contributed by atoms with Gasteiger partial charge in [-0.15, -0.1) is 0 Å². The number of amides is 2. The molecule has 0 unspecified atom stereocenters. The van der Waals surface area contributed by atoms with E-state index in [0.717, 1.165) is 11.3 Å². The Hall–Kier alpha value is -3.12. The molecule has 2 heterocycles. The van der Waals surface area contributed by atoms with Gasteiger partial charge < -0.3 is 10.2 Å². The predicted molar refractivity (Wildman–Crippen MR) is 121 cm³/mol. The molecular formula is C24H25ClN4O2. The van der Waals surface area contributed by atoms with E-state index in [0.29, 0.717) is 47.9 Å². The summed E-state index contributed by atoms with van der Waals surface area (Å²) in [4.78, 5) is 27.6. The summed E-state index contributed by atoms with van der Waals surface area (Å²) < 4.78 is 1.60. The molecule has 1 N–H and O–H groups in total. The van der Waals surface area contributed by atoms with Crippen molar-refractivity contribution in [3.63, 3.8) is 0 Å². The molecule has 4 rings (SSSR count). The fraction of sp³-hybridized carbons (Fsp3) is 0.292. The van der Waals surface area contributed by atoms with E-state index < -0.39 is 0 Å². The maximum atomic E-state index is 13.2. The lowest BCUT2D eigenvalue weighted by Gasteiger charge is -2.32. The Morgan fingerprint density at radius 1 is 1.00 bits per heavy atom. The number of piperidine rings is 1. The van der Waals surface area contributed by atoms with Crippen LogP contribution in [0.2, 0.25) is 5.15 Å². The summed E-state index contributed by atoms with van der Waals surface area (Å²) in [6.07, 6.45) is 1.40. The number of nitrogens with one attached hydrogen (secondary N) is 1. The lowest BCUT2D eigenvalue weighted by Crippen LogP contribution is -2.46. The number of hydrogen-bond acceptors (Lipinski definition) is 3. The van der Waals surface area contributed by atoms with Gasteiger partial charge in [0.2, 0.25) is 0 Å². The van der Waals surface area contributed by atoms with Crippen molar-refractivity contribution in [3.05, 3.63) is 82.1 Å². The van der Waals surface area contributed by atoms with E-state index >= 15 is 0 Å². The van der Waals surface area contributed by atoms with Gasteiger partial charge >= 0.3 is 0 Å². The highest BCUT2D eigenvalue weighted by Crippen LogP contribution is 2.26. The third-order valence-corrected chi connectivity index (χ3v) is 6.07. The monoisotopic (exact) mass is 436 g/mol. The first-order valence-corrected chi connectivity index (χ1v) is 10.8. The summed E-state index contributed by atoms with van der Waals surface area (Å²) >= 11 is 6.55. The predicted octanol–water partition coefficient (Wildman–Crippen LogP) is 4.18. The van der Waals surface area contributed by atoms with Crippen LogP contribution in [0.1, 0.15) is 44.8 Å². The average molecular weight is 437 g/mol. The summed E-state index contributed by atoms with van der Waals surface area (Å²) in [5, 5.41) is 7.90. The summed E-state index contributed by atoms with van der Waals surface area (Å²) in [5.41, 5.74) is 3.50. The number of aromatic nitrogens is 2. The number of likely N-dealkylation sites (tertiary alicyclic amines) is 1. The molecule has 0 aliphatic carbocycles. The average Bonchev–Trinajstić information content (AvgIpc) is 3.08. The fourth-order valence-corrected chi connectivity index (χ4v) is 4.31. The number of rotatable bonds is 4. The first-order valence-electron chi connectivity index (χ1n) is 10.4. The zero-order valence-corrected chi connectivity index (χ0v) is 18.4. The maximum Gasteiger partial charge on any atom is 0.258 e. The van der Waals surface area contributed by atoms with Crippen molar-refractivity contribution in [1.29, 1.82) is 0 Å². The summed E-state index contributed by atoms with van der Waals surface area (Å²) in [5.74, 6) is -0.181. The van der Waals surface area contributed by atoms with Crippen molar-refractivity contribution in [1.82, 2.24) is 20.0 Å². The van der Waals surface area contributed by atoms with Crippen molar-refractivity contribution < 1.29 is 9.59 Å². The van der Waals surface area contributed by atoms with Gasteiger partial charge in [-0.25, -0.2) is 4.68 Å². The first kappa shape index (κ1) is 21.1. The Labute approximate surface area is 186 Å². The number of para-hydroxylation sites is 1. The third-order valence-electron chi connectivity index (χ3n) is 5.73. The Balaban J connectivity index is 1.42. The van der Waals surface area contributed by atoms with Crippen LogP contribution in [0.3, 0.4) is 0 Å². The van der Waals surface area contributed by atoms with Gasteiger partial charge in [-0.1, -0.05) is 48.0 Å². The number of benzene rings is 2. The largest absolute Gasteiger partial charge is 0.349 e. The van der Waals surface area contributed by atoms with Crippen LogP contribution in [0.15, 0.2) is 54.6 Å². The summed E-state index contributed by atoms with van der Waals surface area (Å²) in [6, 6.07) is 17.1. The van der Waals surface area contributed by atoms with E-state index in [1.807, 2.05) is 61.5 Å². The van der Waals surface area contributed by atoms with Gasteiger partial charge in [0.1, 0.15) is 5.15 Å². The Bertz CT molecular complexity index is 1100. The van der Waals surface area contributed by atoms with Crippen molar-refractivity contribution in [3.8, 4) is 5.69 Å². The molecule has 1 aliphatic rings. The molecule has 1 saturated heterocycles. The second kappa shape index (κ2) is 8.94. The van der Waals surface area contributed by atoms with E-state index in [1.165, 1.54) is 0 Å². The second-order valence-electron chi connectivity index (χ2n) is 7.85. The van der Waals surface area contributed by atoms with E-state index in [4.69, 9.17) is 11.6 Å². The molecule has 0 bridgehead atoms. The highest BCUT2D eigenvalue weighted by molar-refractivity contribution is 6.33. The van der Waals surface area contributed by atoms with E-state index in [-0.39, 0.29) is 17.9 Å². The van der Waals surface area contributed by atoms with Crippen LogP contribution in [-0.4, -0.2) is 45.6 Å². The number of halogens is 1. The third kappa shape index (κ3) is 4.35. The molecule has 0 saturated carbocycles.